The summed E-state index contributed by atoms with van der Waals surface area (Å²) in [5, 5.41) is 0. The van der Waals surface area contributed by atoms with Crippen molar-refractivity contribution in [1.82, 2.24) is 9.80 Å². The third-order valence-corrected chi connectivity index (χ3v) is 6.90. The third kappa shape index (κ3) is 5.34. The summed E-state index contributed by atoms with van der Waals surface area (Å²) in [7, 11) is 0. The van der Waals surface area contributed by atoms with Gasteiger partial charge in [-0.15, -0.1) is 0 Å². The number of piperidine rings is 1. The summed E-state index contributed by atoms with van der Waals surface area (Å²) in [6.07, 6.45) is 4.94. The molecule has 0 radical (unpaired) electrons. The molecule has 1 amide bonds. The number of carbonyl (C=O) groups excluding carboxylic acids is 1. The number of hydrogen-bond donors (Lipinski definition) is 0. The monoisotopic (exact) mass is 410 g/mol. The van der Waals surface area contributed by atoms with Crippen LogP contribution in [0, 0.1) is 0 Å². The van der Waals surface area contributed by atoms with Gasteiger partial charge in [0.15, 0.2) is 0 Å². The van der Waals surface area contributed by atoms with Gasteiger partial charge in [-0.05, 0) is 62.4 Å². The number of nitrogens with zero attached hydrogens (tertiary/aromatic N) is 2. The fourth-order valence-corrected chi connectivity index (χ4v) is 5.25. The Labute approximate surface area is 178 Å². The molecule has 1 atom stereocenters. The maximum absolute atomic E-state index is 13.6. The average molecular weight is 411 g/mol. The Kier molecular flexibility index (Phi) is 7.12. The van der Waals surface area contributed by atoms with E-state index in [1.807, 2.05) is 66.4 Å². The lowest BCUT2D eigenvalue weighted by molar-refractivity contribution is 0.0643. The average Bonchev–Trinajstić information content (AvgIpc) is 3.01. The molecular weight excluding hydrogens is 380 g/mol. The fourth-order valence-electron chi connectivity index (χ4n) is 4.19. The molecule has 4 rings (SSSR count). The SMILES string of the molecule is O=C(c1ccccc1Oc1ccccc1)N1CCCSCC1CN1CCCCC1. The second kappa shape index (κ2) is 10.2. The highest BCUT2D eigenvalue weighted by atomic mass is 32.2. The largest absolute Gasteiger partial charge is 0.457 e. The van der Waals surface area contributed by atoms with Crippen molar-refractivity contribution in [3.05, 3.63) is 60.2 Å². The molecule has 154 valence electrons. The van der Waals surface area contributed by atoms with Crippen LogP contribution in [-0.4, -0.2) is 59.4 Å². The first-order chi connectivity index (χ1) is 14.3. The van der Waals surface area contributed by atoms with Crippen molar-refractivity contribution >= 4 is 17.7 Å². The van der Waals surface area contributed by atoms with Crippen LogP contribution in [0.5, 0.6) is 11.5 Å². The number of para-hydroxylation sites is 2. The molecule has 5 heteroatoms. The zero-order chi connectivity index (χ0) is 19.9. The predicted octanol–water partition coefficient (Wildman–Crippen LogP) is 4.91. The van der Waals surface area contributed by atoms with Crippen molar-refractivity contribution in [1.29, 1.82) is 0 Å². The van der Waals surface area contributed by atoms with E-state index in [0.717, 1.165) is 49.9 Å². The highest BCUT2D eigenvalue weighted by Crippen LogP contribution is 2.28. The van der Waals surface area contributed by atoms with Gasteiger partial charge in [0.05, 0.1) is 11.6 Å². The van der Waals surface area contributed by atoms with Crippen LogP contribution in [0.25, 0.3) is 0 Å². The Bertz CT molecular complexity index is 792. The topological polar surface area (TPSA) is 32.8 Å². The van der Waals surface area contributed by atoms with E-state index in [4.69, 9.17) is 4.74 Å². The normalized spacial score (nSPS) is 20.8. The molecule has 2 heterocycles. The van der Waals surface area contributed by atoms with Crippen LogP contribution in [0.4, 0.5) is 0 Å². The molecule has 0 N–H and O–H groups in total. The Hall–Kier alpha value is -1.98. The summed E-state index contributed by atoms with van der Waals surface area (Å²) in [4.78, 5) is 18.3. The van der Waals surface area contributed by atoms with E-state index in [2.05, 4.69) is 9.80 Å². The molecule has 2 saturated heterocycles. The van der Waals surface area contributed by atoms with Gasteiger partial charge < -0.3 is 14.5 Å². The minimum Gasteiger partial charge on any atom is -0.457 e. The first kappa shape index (κ1) is 20.3. The van der Waals surface area contributed by atoms with E-state index in [-0.39, 0.29) is 11.9 Å². The quantitative estimate of drug-likeness (QED) is 0.701. The lowest BCUT2D eigenvalue weighted by Gasteiger charge is -2.36. The predicted molar refractivity (Wildman–Crippen MR) is 120 cm³/mol. The lowest BCUT2D eigenvalue weighted by Crippen LogP contribution is -2.49. The molecule has 0 aromatic heterocycles. The number of rotatable bonds is 5. The molecular formula is C24H30N2O2S. The first-order valence-corrected chi connectivity index (χ1v) is 11.9. The molecule has 0 bridgehead atoms. The molecule has 2 aliphatic rings. The van der Waals surface area contributed by atoms with E-state index in [1.165, 1.54) is 19.3 Å². The molecule has 2 aromatic rings. The second-order valence-corrected chi connectivity index (χ2v) is 9.00. The van der Waals surface area contributed by atoms with Gasteiger partial charge in [-0.25, -0.2) is 0 Å². The van der Waals surface area contributed by atoms with Crippen molar-refractivity contribution in [2.75, 3.05) is 37.7 Å². The van der Waals surface area contributed by atoms with Crippen LogP contribution in [0.15, 0.2) is 54.6 Å². The van der Waals surface area contributed by atoms with E-state index < -0.39 is 0 Å². The number of benzene rings is 2. The molecule has 2 aliphatic heterocycles. The van der Waals surface area contributed by atoms with Gasteiger partial charge in [0.1, 0.15) is 11.5 Å². The third-order valence-electron chi connectivity index (χ3n) is 5.71. The van der Waals surface area contributed by atoms with Gasteiger partial charge in [0.25, 0.3) is 5.91 Å². The van der Waals surface area contributed by atoms with E-state index in [9.17, 15) is 4.79 Å². The summed E-state index contributed by atoms with van der Waals surface area (Å²) in [6, 6.07) is 17.6. The van der Waals surface area contributed by atoms with Gasteiger partial charge in [0.2, 0.25) is 0 Å². The maximum Gasteiger partial charge on any atom is 0.257 e. The van der Waals surface area contributed by atoms with Crippen LogP contribution in [0.3, 0.4) is 0 Å². The lowest BCUT2D eigenvalue weighted by atomic mass is 10.1. The van der Waals surface area contributed by atoms with Crippen molar-refractivity contribution in [3.8, 4) is 11.5 Å². The van der Waals surface area contributed by atoms with Crippen LogP contribution >= 0.6 is 11.8 Å². The number of likely N-dealkylation sites (tertiary alicyclic amines) is 1. The minimum absolute atomic E-state index is 0.0982. The van der Waals surface area contributed by atoms with E-state index in [1.54, 1.807) is 0 Å². The zero-order valence-corrected chi connectivity index (χ0v) is 17.8. The highest BCUT2D eigenvalue weighted by molar-refractivity contribution is 7.99. The Morgan fingerprint density at radius 2 is 1.69 bits per heavy atom. The van der Waals surface area contributed by atoms with Crippen molar-refractivity contribution < 1.29 is 9.53 Å². The highest BCUT2D eigenvalue weighted by Gasteiger charge is 2.30. The van der Waals surface area contributed by atoms with Gasteiger partial charge >= 0.3 is 0 Å². The van der Waals surface area contributed by atoms with Crippen molar-refractivity contribution in [3.63, 3.8) is 0 Å². The van der Waals surface area contributed by atoms with Crippen LogP contribution < -0.4 is 4.74 Å². The zero-order valence-electron chi connectivity index (χ0n) is 17.0. The Morgan fingerprint density at radius 1 is 0.931 bits per heavy atom. The van der Waals surface area contributed by atoms with Gasteiger partial charge in [-0.1, -0.05) is 36.8 Å². The van der Waals surface area contributed by atoms with Gasteiger partial charge in [0, 0.05) is 18.8 Å². The smallest absolute Gasteiger partial charge is 0.257 e. The number of amides is 1. The number of thioether (sulfide) groups is 1. The molecule has 1 unspecified atom stereocenters. The van der Waals surface area contributed by atoms with Gasteiger partial charge in [-0.3, -0.25) is 4.79 Å². The number of ether oxygens (including phenoxy) is 1. The van der Waals surface area contributed by atoms with Crippen LogP contribution in [0.2, 0.25) is 0 Å². The first-order valence-electron chi connectivity index (χ1n) is 10.7. The molecule has 0 saturated carbocycles. The summed E-state index contributed by atoms with van der Waals surface area (Å²) < 4.78 is 6.07. The van der Waals surface area contributed by atoms with E-state index >= 15 is 0 Å². The molecule has 4 nitrogen and oxygen atoms in total. The molecule has 0 spiro atoms. The van der Waals surface area contributed by atoms with Gasteiger partial charge in [-0.2, -0.15) is 11.8 Å². The van der Waals surface area contributed by atoms with Crippen LogP contribution in [-0.2, 0) is 0 Å². The summed E-state index contributed by atoms with van der Waals surface area (Å²) >= 11 is 1.98. The van der Waals surface area contributed by atoms with Crippen LogP contribution in [0.1, 0.15) is 36.0 Å². The minimum atomic E-state index is 0.0982. The summed E-state index contributed by atoms with van der Waals surface area (Å²) in [6.45, 7) is 4.14. The van der Waals surface area contributed by atoms with Crippen molar-refractivity contribution in [2.24, 2.45) is 0 Å². The Morgan fingerprint density at radius 3 is 2.52 bits per heavy atom. The number of carbonyl (C=O) groups is 1. The second-order valence-electron chi connectivity index (χ2n) is 7.85. The molecule has 2 aromatic carbocycles. The molecule has 0 aliphatic carbocycles. The Balaban J connectivity index is 1.54. The summed E-state index contributed by atoms with van der Waals surface area (Å²) in [5.74, 6) is 3.63. The summed E-state index contributed by atoms with van der Waals surface area (Å²) in [5.41, 5.74) is 0.659. The standard InChI is InChI=1S/C24H30N2O2S/c27-24(22-12-5-6-13-23(22)28-21-10-3-1-4-11-21)26-16-9-17-29-19-20(26)18-25-14-7-2-8-15-25/h1,3-6,10-13,20H,2,7-9,14-19H2. The van der Waals surface area contributed by atoms with E-state index in [0.29, 0.717) is 11.3 Å². The number of hydrogen-bond acceptors (Lipinski definition) is 4. The fraction of sp³-hybridized carbons (Fsp3) is 0.458. The molecule has 2 fully saturated rings. The van der Waals surface area contributed by atoms with Crippen molar-refractivity contribution in [2.45, 2.75) is 31.7 Å². The molecule has 29 heavy (non-hydrogen) atoms. The maximum atomic E-state index is 13.6.